The lowest BCUT2D eigenvalue weighted by molar-refractivity contribution is -0.132. The normalized spacial score (nSPS) is 22.8. The number of rotatable bonds is 12. The van der Waals surface area contributed by atoms with Gasteiger partial charge in [0.15, 0.2) is 12.0 Å². The minimum atomic E-state index is -2.86. The number of aromatic nitrogens is 1. The average Bonchev–Trinajstić information content (AvgIpc) is 3.43. The molecule has 14 nitrogen and oxygen atoms in total. The molecular formula is C20H25N3O11P2. The fraction of sp³-hybridized carbons (Fsp3) is 0.350. The number of aliphatic hydroxyl groups excluding tert-OH is 2. The first-order valence-corrected chi connectivity index (χ1v) is 12.6. The van der Waals surface area contributed by atoms with Crippen molar-refractivity contribution in [1.82, 2.24) is 14.8 Å². The zero-order valence-electron chi connectivity index (χ0n) is 18.8. The second-order valence-corrected chi connectivity index (χ2v) is 9.35. The summed E-state index contributed by atoms with van der Waals surface area (Å²) < 4.78 is 20.2. The van der Waals surface area contributed by atoms with Gasteiger partial charge in [0.1, 0.15) is 18.3 Å². The molecule has 2 heterocycles. The van der Waals surface area contributed by atoms with E-state index in [9.17, 15) is 24.7 Å². The molecule has 0 radical (unpaired) electrons. The molecule has 5 N–H and O–H groups in total. The molecule has 0 saturated carbocycles. The maximum absolute atomic E-state index is 12.5. The third-order valence-electron chi connectivity index (χ3n) is 4.99. The fourth-order valence-corrected chi connectivity index (χ4v) is 4.16. The maximum atomic E-state index is 12.5. The van der Waals surface area contributed by atoms with E-state index >= 15 is 0 Å². The molecule has 1 fully saturated rings. The van der Waals surface area contributed by atoms with Crippen LogP contribution < -0.4 is 0 Å². The molecule has 3 rings (SSSR count). The number of oxazole rings is 1. The molecule has 5 atom stereocenters. The van der Waals surface area contributed by atoms with Crippen LogP contribution in [0.1, 0.15) is 5.89 Å². The number of hydrogen-bond donors (Lipinski definition) is 5. The van der Waals surface area contributed by atoms with Crippen LogP contribution in [0.25, 0.3) is 11.3 Å². The Labute approximate surface area is 207 Å². The lowest BCUT2D eigenvalue weighted by atomic mass is 10.1. The predicted molar refractivity (Wildman–Crippen MR) is 124 cm³/mol. The van der Waals surface area contributed by atoms with Crippen molar-refractivity contribution >= 4 is 29.5 Å². The van der Waals surface area contributed by atoms with E-state index in [1.165, 1.54) is 11.9 Å². The van der Waals surface area contributed by atoms with Crippen molar-refractivity contribution in [3.63, 3.8) is 0 Å². The van der Waals surface area contributed by atoms with Crippen molar-refractivity contribution in [2.75, 3.05) is 13.7 Å². The molecule has 1 saturated heterocycles. The van der Waals surface area contributed by atoms with Crippen molar-refractivity contribution in [3.05, 3.63) is 54.7 Å². The summed E-state index contributed by atoms with van der Waals surface area (Å²) in [6.07, 6.45) is -1.64. The zero-order valence-corrected chi connectivity index (χ0v) is 20.6. The van der Waals surface area contributed by atoms with E-state index in [0.717, 1.165) is 22.7 Å². The summed E-state index contributed by atoms with van der Waals surface area (Å²) in [7, 11) is -4.02. The Balaban J connectivity index is 1.55. The summed E-state index contributed by atoms with van der Waals surface area (Å²) in [6, 6.07) is 9.31. The van der Waals surface area contributed by atoms with Gasteiger partial charge in [0.25, 0.3) is 0 Å². The van der Waals surface area contributed by atoms with Gasteiger partial charge in [-0.25, -0.2) is 9.29 Å². The summed E-state index contributed by atoms with van der Waals surface area (Å²) in [5, 5.41) is 20.4. The summed E-state index contributed by atoms with van der Waals surface area (Å²) >= 11 is 0. The average molecular weight is 545 g/mol. The van der Waals surface area contributed by atoms with Crippen LogP contribution in [0.4, 0.5) is 0 Å². The number of aliphatic hydroxyl groups is 2. The first-order chi connectivity index (χ1) is 17.2. The third-order valence-corrected chi connectivity index (χ3v) is 6.51. The molecule has 2 amide bonds. The van der Waals surface area contributed by atoms with Crippen LogP contribution in [-0.4, -0.2) is 90.2 Å². The summed E-state index contributed by atoms with van der Waals surface area (Å²) in [6.45, 7) is -0.437. The van der Waals surface area contributed by atoms with Crippen LogP contribution in [0.15, 0.2) is 53.2 Å². The minimum absolute atomic E-state index is 0.0495. The fourth-order valence-electron chi connectivity index (χ4n) is 3.19. The molecule has 16 heteroatoms. The van der Waals surface area contributed by atoms with Crippen molar-refractivity contribution in [2.45, 2.75) is 31.1 Å². The second-order valence-electron chi connectivity index (χ2n) is 7.46. The van der Waals surface area contributed by atoms with Crippen LogP contribution >= 0.6 is 17.2 Å². The van der Waals surface area contributed by atoms with Crippen LogP contribution in [0.3, 0.4) is 0 Å². The van der Waals surface area contributed by atoms with Gasteiger partial charge in [0.2, 0.25) is 18.2 Å². The Morgan fingerprint density at radius 3 is 2.58 bits per heavy atom. The molecular weight excluding hydrogens is 520 g/mol. The Hall–Kier alpha value is -2.35. The quantitative estimate of drug-likeness (QED) is 0.138. The topological polar surface area (TPSA) is 195 Å². The van der Waals surface area contributed by atoms with Crippen molar-refractivity contribution in [2.24, 2.45) is 0 Å². The summed E-state index contributed by atoms with van der Waals surface area (Å²) in [4.78, 5) is 57.2. The van der Waals surface area contributed by atoms with Crippen molar-refractivity contribution in [3.8, 4) is 11.3 Å². The van der Waals surface area contributed by atoms with E-state index in [1.807, 2.05) is 30.3 Å². The van der Waals surface area contributed by atoms with Gasteiger partial charge in [0.05, 0.1) is 19.3 Å². The van der Waals surface area contributed by atoms with Gasteiger partial charge >= 0.3 is 17.2 Å². The van der Waals surface area contributed by atoms with Gasteiger partial charge in [-0.1, -0.05) is 30.3 Å². The first kappa shape index (κ1) is 28.2. The standard InChI is InChI=1S/C20H25N3O11P2/c1-22(10-16-21-9-14(32-16)13-5-3-2-4-6-13)17(25)7-8-23(12-24)20-19(27)18(26)15(33-20)11-31-36(30)34-35(28)29/h2-9,12,15,18-20,26-30H,10-11H2,1H3/b8-7-. The Bertz CT molecular complexity index is 1030. The van der Waals surface area contributed by atoms with E-state index in [0.29, 0.717) is 18.1 Å². The molecule has 0 spiro atoms. The smallest absolute Gasteiger partial charge is 0.337 e. The molecule has 5 unspecified atom stereocenters. The summed E-state index contributed by atoms with van der Waals surface area (Å²) in [5.74, 6) is 0.336. The van der Waals surface area contributed by atoms with Gasteiger partial charge in [-0.05, 0) is 0 Å². The van der Waals surface area contributed by atoms with E-state index in [1.54, 1.807) is 6.20 Å². The number of amides is 2. The molecule has 1 aliphatic rings. The molecule has 1 aromatic heterocycles. The maximum Gasteiger partial charge on any atom is 0.337 e. The summed E-state index contributed by atoms with van der Waals surface area (Å²) in [5.41, 5.74) is 0.836. The van der Waals surface area contributed by atoms with Gasteiger partial charge < -0.3 is 43.5 Å². The van der Waals surface area contributed by atoms with E-state index in [2.05, 4.69) is 9.29 Å². The number of nitrogens with zero attached hydrogens (tertiary/aromatic N) is 3. The number of ether oxygens (including phenoxy) is 1. The third kappa shape index (κ3) is 7.58. The number of likely N-dealkylation sites (N-methyl/N-ethyl adjacent to an activating group) is 1. The zero-order chi connectivity index (χ0) is 26.2. The van der Waals surface area contributed by atoms with Gasteiger partial charge in [-0.2, -0.15) is 0 Å². The van der Waals surface area contributed by atoms with E-state index in [4.69, 9.17) is 23.5 Å². The van der Waals surface area contributed by atoms with Crippen molar-refractivity contribution in [1.29, 1.82) is 0 Å². The van der Waals surface area contributed by atoms with Gasteiger partial charge in [-0.3, -0.25) is 14.5 Å². The highest BCUT2D eigenvalue weighted by Gasteiger charge is 2.45. The van der Waals surface area contributed by atoms with Crippen LogP contribution in [-0.2, 0) is 29.7 Å². The number of carbonyl (C=O) groups excluding carboxylic acids is 2. The molecule has 1 aliphatic heterocycles. The second kappa shape index (κ2) is 13.3. The van der Waals surface area contributed by atoms with Gasteiger partial charge in [0, 0.05) is 24.9 Å². The lowest BCUT2D eigenvalue weighted by Gasteiger charge is -2.23. The molecule has 36 heavy (non-hydrogen) atoms. The Morgan fingerprint density at radius 2 is 1.92 bits per heavy atom. The van der Waals surface area contributed by atoms with Crippen LogP contribution in [0.2, 0.25) is 0 Å². The Morgan fingerprint density at radius 1 is 1.19 bits per heavy atom. The van der Waals surface area contributed by atoms with Gasteiger partial charge in [-0.15, -0.1) is 0 Å². The SMILES string of the molecule is CN(Cc1ncc(-c2ccccc2)o1)C(=O)/C=C\N(C=O)C1OC(COP(O)OP(O)O)C(O)C1O. The van der Waals surface area contributed by atoms with Crippen molar-refractivity contribution < 1.29 is 52.5 Å². The number of benzene rings is 1. The van der Waals surface area contributed by atoms with Crippen LogP contribution in [0.5, 0.6) is 0 Å². The largest absolute Gasteiger partial charge is 0.439 e. The molecule has 0 bridgehead atoms. The molecule has 0 aliphatic carbocycles. The lowest BCUT2D eigenvalue weighted by Crippen LogP contribution is -2.41. The molecule has 1 aromatic carbocycles. The Kier molecular flexibility index (Phi) is 10.4. The molecule has 2 aromatic rings. The predicted octanol–water partition coefficient (Wildman–Crippen LogP) is 0.183. The van der Waals surface area contributed by atoms with E-state index < -0.39 is 54.3 Å². The highest BCUT2D eigenvalue weighted by molar-refractivity contribution is 7.54. The van der Waals surface area contributed by atoms with Crippen LogP contribution in [0, 0.1) is 0 Å². The highest BCUT2D eigenvalue weighted by Crippen LogP contribution is 2.46. The highest BCUT2D eigenvalue weighted by atomic mass is 31.2. The molecule has 196 valence electrons. The minimum Gasteiger partial charge on any atom is -0.439 e. The van der Waals surface area contributed by atoms with E-state index in [-0.39, 0.29) is 6.54 Å². The number of hydrogen-bond acceptors (Lipinski definition) is 12. The number of carbonyl (C=O) groups is 2. The first-order valence-electron chi connectivity index (χ1n) is 10.3. The monoisotopic (exact) mass is 545 g/mol.